The normalized spacial score (nSPS) is 15.6. The van der Waals surface area contributed by atoms with Gasteiger partial charge in [-0.3, -0.25) is 0 Å². The Morgan fingerprint density at radius 2 is 1.76 bits per heavy atom. The molecule has 0 radical (unpaired) electrons. The highest BCUT2D eigenvalue weighted by molar-refractivity contribution is 8.26. The monoisotopic (exact) mass is 301 g/mol. The van der Waals surface area contributed by atoms with Gasteiger partial charge in [-0.1, -0.05) is 39.3 Å². The molecule has 1 rings (SSSR count). The van der Waals surface area contributed by atoms with Crippen molar-refractivity contribution in [3.8, 4) is 0 Å². The molecule has 0 N–H and O–H groups in total. The third-order valence-electron chi connectivity index (χ3n) is 2.39. The molecule has 1 aromatic carbocycles. The molecule has 2 atom stereocenters. The van der Waals surface area contributed by atoms with Gasteiger partial charge in [-0.25, -0.2) is 6.07 Å². The molecule has 0 aliphatic carbocycles. The molecule has 2 unspecified atom stereocenters. The Bertz CT molecular complexity index is 320. The lowest BCUT2D eigenvalue weighted by atomic mass is 10.7. The van der Waals surface area contributed by atoms with Crippen LogP contribution in [0.2, 0.25) is 39.3 Å². The topological polar surface area (TPSA) is 0 Å². The Balaban J connectivity index is 2.67. The molecule has 0 aromatic heterocycles. The summed E-state index contributed by atoms with van der Waals surface area (Å²) < 4.78 is 0. The summed E-state index contributed by atoms with van der Waals surface area (Å²) in [7, 11) is -0.428. The summed E-state index contributed by atoms with van der Waals surface area (Å²) in [6, 6.07) is 9.16. The molecule has 0 nitrogen and oxygen atoms in total. The lowest BCUT2D eigenvalue weighted by Crippen LogP contribution is -2.27. The standard InChI is InChI=1S/C13H27P2Si2/c1-16(2,3)11-14-15(12-17(4,5)6)13-9-7-8-10-13/h7-10,14H,11-12H2,1-6H3/q-1. The number of hydrogen-bond donors (Lipinski definition) is 0. The maximum absolute atomic E-state index is 2.52. The Labute approximate surface area is 112 Å². The maximum Gasteiger partial charge on any atom is 0.0486 e. The van der Waals surface area contributed by atoms with E-state index in [4.69, 9.17) is 0 Å². The van der Waals surface area contributed by atoms with E-state index in [1.807, 2.05) is 0 Å². The Morgan fingerprint density at radius 1 is 1.12 bits per heavy atom. The molecule has 17 heavy (non-hydrogen) atoms. The molecule has 0 aliphatic rings. The fraction of sp³-hybridized carbons (Fsp3) is 0.615. The highest BCUT2D eigenvalue weighted by Gasteiger charge is 2.21. The second-order valence-corrected chi connectivity index (χ2v) is 24.4. The summed E-state index contributed by atoms with van der Waals surface area (Å²) in [5, 5.41) is 1.67. The third-order valence-corrected chi connectivity index (χ3v) is 18.4. The third kappa shape index (κ3) is 6.96. The predicted octanol–water partition coefficient (Wildman–Crippen LogP) is 4.86. The van der Waals surface area contributed by atoms with Crippen molar-refractivity contribution in [1.82, 2.24) is 0 Å². The highest BCUT2D eigenvalue weighted by atomic mass is 32.1. The van der Waals surface area contributed by atoms with E-state index < -0.39 is 16.1 Å². The molecule has 0 bridgehead atoms. The van der Waals surface area contributed by atoms with E-state index in [0.29, 0.717) is 0 Å². The van der Waals surface area contributed by atoms with E-state index in [9.17, 15) is 0 Å². The minimum Gasteiger partial charge on any atom is -0.206 e. The van der Waals surface area contributed by atoms with E-state index in [0.717, 1.165) is 0 Å². The van der Waals surface area contributed by atoms with E-state index in [-0.39, 0.29) is 7.61 Å². The average molecular weight is 301 g/mol. The molecule has 0 aliphatic heterocycles. The lowest BCUT2D eigenvalue weighted by Gasteiger charge is -2.31. The summed E-state index contributed by atoms with van der Waals surface area (Å²) in [5.74, 6) is 3.05. The smallest absolute Gasteiger partial charge is 0.0486 e. The first-order chi connectivity index (χ1) is 7.67. The van der Waals surface area contributed by atoms with Crippen LogP contribution >= 0.6 is 15.9 Å². The largest absolute Gasteiger partial charge is 0.206 e. The zero-order valence-corrected chi connectivity index (χ0v) is 16.1. The molecule has 98 valence electrons. The number of hydrogen-bond acceptors (Lipinski definition) is 0. The van der Waals surface area contributed by atoms with Crippen LogP contribution in [0.3, 0.4) is 0 Å². The maximum atomic E-state index is 2.52. The summed E-state index contributed by atoms with van der Waals surface area (Å²) in [5.41, 5.74) is 0. The van der Waals surface area contributed by atoms with Crippen LogP contribution in [0.15, 0.2) is 24.3 Å². The summed E-state index contributed by atoms with van der Waals surface area (Å²) >= 11 is 0. The summed E-state index contributed by atoms with van der Waals surface area (Å²) in [6.07, 6.45) is 0. The molecule has 0 heterocycles. The Kier molecular flexibility index (Phi) is 5.72. The van der Waals surface area contributed by atoms with Crippen molar-refractivity contribution in [2.45, 2.75) is 39.3 Å². The first kappa shape index (κ1) is 15.7. The van der Waals surface area contributed by atoms with E-state index >= 15 is 0 Å². The highest BCUT2D eigenvalue weighted by Crippen LogP contribution is 2.56. The fourth-order valence-corrected chi connectivity index (χ4v) is 22.2. The van der Waals surface area contributed by atoms with Crippen molar-refractivity contribution in [3.05, 3.63) is 24.3 Å². The van der Waals surface area contributed by atoms with Crippen LogP contribution in [0.1, 0.15) is 0 Å². The first-order valence-electron chi connectivity index (χ1n) is 6.40. The van der Waals surface area contributed by atoms with Gasteiger partial charge in [-0.2, -0.15) is 23.5 Å². The van der Waals surface area contributed by atoms with Gasteiger partial charge in [0.2, 0.25) is 0 Å². The summed E-state index contributed by atoms with van der Waals surface area (Å²) in [6.45, 7) is 15.1. The first-order valence-corrected chi connectivity index (χ1v) is 17.4. The van der Waals surface area contributed by atoms with Gasteiger partial charge in [0.05, 0.1) is 0 Å². The Morgan fingerprint density at radius 3 is 2.18 bits per heavy atom. The molecule has 1 aromatic rings. The fourth-order valence-electron chi connectivity index (χ4n) is 1.59. The van der Waals surface area contributed by atoms with Gasteiger partial charge < -0.3 is 0 Å². The van der Waals surface area contributed by atoms with Crippen LogP contribution in [-0.2, 0) is 0 Å². The van der Waals surface area contributed by atoms with Crippen LogP contribution in [0, 0.1) is 0 Å². The van der Waals surface area contributed by atoms with Crippen LogP contribution in [0.4, 0.5) is 0 Å². The molecule has 0 saturated heterocycles. The second kappa shape index (κ2) is 6.19. The Hall–Kier alpha value is 0.644. The minimum atomic E-state index is -0.922. The van der Waals surface area contributed by atoms with E-state index in [1.165, 1.54) is 19.8 Å². The summed E-state index contributed by atoms with van der Waals surface area (Å²) in [4.78, 5) is 0. The average Bonchev–Trinajstić information content (AvgIpc) is 2.61. The van der Waals surface area contributed by atoms with Gasteiger partial charge in [0.1, 0.15) is 0 Å². The minimum absolute atomic E-state index is 0.153. The van der Waals surface area contributed by atoms with Gasteiger partial charge in [0.15, 0.2) is 0 Å². The van der Waals surface area contributed by atoms with Crippen molar-refractivity contribution >= 4 is 37.3 Å². The predicted molar refractivity (Wildman–Crippen MR) is 93.3 cm³/mol. The SMILES string of the molecule is C[Si](C)(C)CPP(C[Si](C)(C)C)c1cc[cH-]c1. The van der Waals surface area contributed by atoms with Crippen LogP contribution in [0.25, 0.3) is 0 Å². The van der Waals surface area contributed by atoms with Crippen molar-refractivity contribution < 1.29 is 0 Å². The van der Waals surface area contributed by atoms with Gasteiger partial charge in [0, 0.05) is 16.1 Å². The van der Waals surface area contributed by atoms with Crippen molar-refractivity contribution in [2.24, 2.45) is 0 Å². The van der Waals surface area contributed by atoms with Gasteiger partial charge in [-0.05, 0) is 11.6 Å². The van der Waals surface area contributed by atoms with Gasteiger partial charge in [-0.15, -0.1) is 15.9 Å². The van der Waals surface area contributed by atoms with Crippen molar-refractivity contribution in [1.29, 1.82) is 0 Å². The molecular formula is C13H27P2Si2-. The van der Waals surface area contributed by atoms with Crippen LogP contribution in [0.5, 0.6) is 0 Å². The molecular weight excluding hydrogens is 274 g/mol. The zero-order chi connectivity index (χ0) is 13.1. The van der Waals surface area contributed by atoms with E-state index in [1.54, 1.807) is 5.30 Å². The van der Waals surface area contributed by atoms with Gasteiger partial charge >= 0.3 is 0 Å². The van der Waals surface area contributed by atoms with Gasteiger partial charge in [0.25, 0.3) is 0 Å². The second-order valence-electron chi connectivity index (χ2n) is 7.19. The van der Waals surface area contributed by atoms with E-state index in [2.05, 4.69) is 63.5 Å². The molecule has 0 amide bonds. The molecule has 0 fully saturated rings. The quantitative estimate of drug-likeness (QED) is 0.400. The van der Waals surface area contributed by atoms with Crippen LogP contribution in [-0.4, -0.2) is 27.7 Å². The van der Waals surface area contributed by atoms with Crippen molar-refractivity contribution in [3.63, 3.8) is 0 Å². The number of rotatable bonds is 6. The van der Waals surface area contributed by atoms with Crippen LogP contribution < -0.4 is 5.30 Å². The molecule has 0 spiro atoms. The molecule has 0 saturated carbocycles. The van der Waals surface area contributed by atoms with Crippen molar-refractivity contribution in [2.75, 3.05) is 11.6 Å². The lowest BCUT2D eigenvalue weighted by molar-refractivity contribution is 1.66. The molecule has 4 heteroatoms. The zero-order valence-electron chi connectivity index (χ0n) is 12.2.